The van der Waals surface area contributed by atoms with Crippen LogP contribution >= 0.6 is 0 Å². The van der Waals surface area contributed by atoms with Gasteiger partial charge in [-0.25, -0.2) is 0 Å². The lowest BCUT2D eigenvalue weighted by Gasteiger charge is -2.26. The van der Waals surface area contributed by atoms with E-state index in [1.54, 1.807) is 17.0 Å². The topological polar surface area (TPSA) is 73.5 Å². The third-order valence-corrected chi connectivity index (χ3v) is 6.08. The SMILES string of the molecule is O=C(c1ccc[nH]c1=O)N1CCCN(C(=O)C2CCCc3ccccc3C2)CC1. The van der Waals surface area contributed by atoms with E-state index >= 15 is 0 Å². The van der Waals surface area contributed by atoms with Crippen LogP contribution in [0.1, 0.15) is 40.7 Å². The molecule has 6 nitrogen and oxygen atoms in total. The van der Waals surface area contributed by atoms with Crippen LogP contribution in [0.15, 0.2) is 47.4 Å². The largest absolute Gasteiger partial charge is 0.341 e. The van der Waals surface area contributed by atoms with Gasteiger partial charge in [0.25, 0.3) is 11.5 Å². The van der Waals surface area contributed by atoms with Crippen LogP contribution in [0.4, 0.5) is 0 Å². The zero-order chi connectivity index (χ0) is 20.2. The van der Waals surface area contributed by atoms with Crippen LogP contribution < -0.4 is 5.56 Å². The Bertz CT molecular complexity index is 952. The molecule has 0 radical (unpaired) electrons. The average Bonchev–Trinajstić information content (AvgIpc) is 3.12. The summed E-state index contributed by atoms with van der Waals surface area (Å²) in [4.78, 5) is 44.1. The lowest BCUT2D eigenvalue weighted by atomic mass is 9.95. The Balaban J connectivity index is 1.42. The molecule has 4 rings (SSSR count). The number of aromatic amines is 1. The molecule has 0 bridgehead atoms. The third-order valence-electron chi connectivity index (χ3n) is 6.08. The number of nitrogens with zero attached hydrogens (tertiary/aromatic N) is 2. The standard InChI is InChI=1S/C23H27N3O3/c27-21-20(10-4-11-24-21)23(29)26-13-5-12-25(14-15-26)22(28)19-9-3-8-17-6-1-2-7-18(17)16-19/h1-2,4,6-7,10-11,19H,3,5,8-9,12-16H2,(H,24,27). The van der Waals surface area contributed by atoms with Crippen LogP contribution in [-0.4, -0.2) is 52.8 Å². The second kappa shape index (κ2) is 8.64. The molecule has 1 aliphatic carbocycles. The number of hydrogen-bond donors (Lipinski definition) is 1. The summed E-state index contributed by atoms with van der Waals surface area (Å²) >= 11 is 0. The van der Waals surface area contributed by atoms with E-state index in [2.05, 4.69) is 23.2 Å². The van der Waals surface area contributed by atoms with Crippen molar-refractivity contribution in [2.24, 2.45) is 5.92 Å². The third kappa shape index (κ3) is 4.26. The van der Waals surface area contributed by atoms with Crippen molar-refractivity contribution in [2.75, 3.05) is 26.2 Å². The molecule has 1 unspecified atom stereocenters. The maximum Gasteiger partial charge on any atom is 0.260 e. The van der Waals surface area contributed by atoms with Crippen molar-refractivity contribution in [3.05, 3.63) is 69.6 Å². The number of fused-ring (bicyclic) bond motifs is 1. The van der Waals surface area contributed by atoms with Gasteiger partial charge in [-0.3, -0.25) is 14.4 Å². The number of pyridine rings is 1. The fourth-order valence-corrected chi connectivity index (χ4v) is 4.48. The van der Waals surface area contributed by atoms with Crippen LogP contribution in [0.2, 0.25) is 0 Å². The smallest absolute Gasteiger partial charge is 0.260 e. The molecule has 1 saturated heterocycles. The minimum absolute atomic E-state index is 0.0119. The predicted molar refractivity (Wildman–Crippen MR) is 111 cm³/mol. The Kier molecular flexibility index (Phi) is 5.79. The predicted octanol–water partition coefficient (Wildman–Crippen LogP) is 2.24. The molecule has 1 aromatic heterocycles. The van der Waals surface area contributed by atoms with E-state index in [0.717, 1.165) is 32.1 Å². The van der Waals surface area contributed by atoms with Gasteiger partial charge in [-0.1, -0.05) is 24.3 Å². The van der Waals surface area contributed by atoms with Crippen molar-refractivity contribution in [1.82, 2.24) is 14.8 Å². The highest BCUT2D eigenvalue weighted by molar-refractivity contribution is 5.93. The molecule has 1 fully saturated rings. The molecule has 6 heteroatoms. The lowest BCUT2D eigenvalue weighted by molar-refractivity contribution is -0.135. The summed E-state index contributed by atoms with van der Waals surface area (Å²) in [5.74, 6) is -0.0454. The van der Waals surface area contributed by atoms with Gasteiger partial charge in [0.15, 0.2) is 0 Å². The molecular formula is C23H27N3O3. The van der Waals surface area contributed by atoms with Gasteiger partial charge < -0.3 is 14.8 Å². The molecule has 2 aliphatic rings. The minimum atomic E-state index is -0.369. The molecule has 2 aromatic rings. The van der Waals surface area contributed by atoms with Gasteiger partial charge in [0.2, 0.25) is 5.91 Å². The molecule has 2 heterocycles. The molecule has 1 aromatic carbocycles. The van der Waals surface area contributed by atoms with Crippen LogP contribution in [0.25, 0.3) is 0 Å². The lowest BCUT2D eigenvalue weighted by Crippen LogP contribution is -2.41. The zero-order valence-corrected chi connectivity index (χ0v) is 16.6. The second-order valence-corrected chi connectivity index (χ2v) is 7.95. The number of hydrogen-bond acceptors (Lipinski definition) is 3. The molecule has 1 N–H and O–H groups in total. The summed E-state index contributed by atoms with van der Waals surface area (Å²) in [6.07, 6.45) is 6.02. The first-order valence-electron chi connectivity index (χ1n) is 10.5. The second-order valence-electron chi connectivity index (χ2n) is 7.95. The Morgan fingerprint density at radius 2 is 1.66 bits per heavy atom. The van der Waals surface area contributed by atoms with Gasteiger partial charge in [0, 0.05) is 38.3 Å². The number of carbonyl (C=O) groups is 2. The van der Waals surface area contributed by atoms with Gasteiger partial charge in [-0.2, -0.15) is 0 Å². The fourth-order valence-electron chi connectivity index (χ4n) is 4.48. The number of aromatic nitrogens is 1. The number of carbonyl (C=O) groups excluding carboxylic acids is 2. The van der Waals surface area contributed by atoms with Crippen molar-refractivity contribution >= 4 is 11.8 Å². The van der Waals surface area contributed by atoms with E-state index < -0.39 is 0 Å². The first-order valence-corrected chi connectivity index (χ1v) is 10.5. The van der Waals surface area contributed by atoms with E-state index in [0.29, 0.717) is 26.2 Å². The quantitative estimate of drug-likeness (QED) is 0.796. The normalized spacial score (nSPS) is 19.8. The van der Waals surface area contributed by atoms with Crippen molar-refractivity contribution < 1.29 is 9.59 Å². The number of rotatable bonds is 2. The van der Waals surface area contributed by atoms with E-state index in [1.165, 1.54) is 17.3 Å². The highest BCUT2D eigenvalue weighted by atomic mass is 16.2. The Morgan fingerprint density at radius 1 is 0.897 bits per heavy atom. The first-order chi connectivity index (χ1) is 14.1. The molecular weight excluding hydrogens is 366 g/mol. The van der Waals surface area contributed by atoms with Crippen LogP contribution in [0.5, 0.6) is 0 Å². The number of benzene rings is 1. The van der Waals surface area contributed by atoms with E-state index in [1.807, 2.05) is 11.0 Å². The van der Waals surface area contributed by atoms with E-state index in [-0.39, 0.29) is 28.9 Å². The van der Waals surface area contributed by atoms with Crippen LogP contribution in [0.3, 0.4) is 0 Å². The molecule has 1 atom stereocenters. The summed E-state index contributed by atoms with van der Waals surface area (Å²) in [6.45, 7) is 2.20. The summed E-state index contributed by atoms with van der Waals surface area (Å²) in [5, 5.41) is 0. The number of H-pyrrole nitrogens is 1. The molecule has 1 aliphatic heterocycles. The van der Waals surface area contributed by atoms with E-state index in [4.69, 9.17) is 0 Å². The minimum Gasteiger partial charge on any atom is -0.341 e. The van der Waals surface area contributed by atoms with Crippen LogP contribution in [-0.2, 0) is 17.6 Å². The molecule has 2 amide bonds. The molecule has 0 saturated carbocycles. The Labute approximate surface area is 170 Å². The Hall–Kier alpha value is -2.89. The van der Waals surface area contributed by atoms with Gasteiger partial charge in [0.05, 0.1) is 0 Å². The fraction of sp³-hybridized carbons (Fsp3) is 0.435. The maximum atomic E-state index is 13.2. The molecule has 29 heavy (non-hydrogen) atoms. The summed E-state index contributed by atoms with van der Waals surface area (Å²) in [5.41, 5.74) is 2.45. The summed E-state index contributed by atoms with van der Waals surface area (Å²) in [6, 6.07) is 11.6. The van der Waals surface area contributed by atoms with Crippen LogP contribution in [0, 0.1) is 5.92 Å². The Morgan fingerprint density at radius 3 is 2.48 bits per heavy atom. The molecule has 152 valence electrons. The monoisotopic (exact) mass is 393 g/mol. The van der Waals surface area contributed by atoms with Crippen molar-refractivity contribution in [3.8, 4) is 0 Å². The van der Waals surface area contributed by atoms with E-state index in [9.17, 15) is 14.4 Å². The van der Waals surface area contributed by atoms with Gasteiger partial charge >= 0.3 is 0 Å². The van der Waals surface area contributed by atoms with Gasteiger partial charge in [-0.15, -0.1) is 0 Å². The van der Waals surface area contributed by atoms with Crippen molar-refractivity contribution in [3.63, 3.8) is 0 Å². The average molecular weight is 393 g/mol. The maximum absolute atomic E-state index is 13.2. The van der Waals surface area contributed by atoms with Gasteiger partial charge in [-0.05, 0) is 55.4 Å². The summed E-state index contributed by atoms with van der Waals surface area (Å²) in [7, 11) is 0. The first kappa shape index (κ1) is 19.4. The number of aryl methyl sites for hydroxylation is 1. The summed E-state index contributed by atoms with van der Waals surface area (Å²) < 4.78 is 0. The van der Waals surface area contributed by atoms with Crippen molar-refractivity contribution in [2.45, 2.75) is 32.1 Å². The highest BCUT2D eigenvalue weighted by Crippen LogP contribution is 2.26. The number of amides is 2. The number of nitrogens with one attached hydrogen (secondary N) is 1. The van der Waals surface area contributed by atoms with Crippen molar-refractivity contribution in [1.29, 1.82) is 0 Å². The highest BCUT2D eigenvalue weighted by Gasteiger charge is 2.29. The zero-order valence-electron chi connectivity index (χ0n) is 16.6. The molecule has 0 spiro atoms. The van der Waals surface area contributed by atoms with Gasteiger partial charge in [0.1, 0.15) is 5.56 Å².